The second kappa shape index (κ2) is 64.3. The van der Waals surface area contributed by atoms with Crippen LogP contribution in [0.15, 0.2) is 122 Å². The third kappa shape index (κ3) is 62.5. The molecule has 0 aliphatic rings. The lowest BCUT2D eigenvalue weighted by Gasteiger charge is -2.18. The molecular formula is C71H118O6. The van der Waals surface area contributed by atoms with Gasteiger partial charge in [0.15, 0.2) is 6.10 Å². The Balaban J connectivity index is 4.46. The molecule has 0 bridgehead atoms. The van der Waals surface area contributed by atoms with Crippen molar-refractivity contribution in [3.8, 4) is 0 Å². The van der Waals surface area contributed by atoms with Crippen LogP contribution in [-0.4, -0.2) is 37.2 Å². The van der Waals surface area contributed by atoms with E-state index in [1.807, 2.05) is 0 Å². The topological polar surface area (TPSA) is 78.9 Å². The molecule has 0 N–H and O–H groups in total. The van der Waals surface area contributed by atoms with Crippen LogP contribution in [-0.2, 0) is 28.6 Å². The lowest BCUT2D eigenvalue weighted by molar-refractivity contribution is -0.167. The lowest BCUT2D eigenvalue weighted by atomic mass is 10.1. The second-order valence-electron chi connectivity index (χ2n) is 20.9. The second-order valence-corrected chi connectivity index (χ2v) is 20.9. The third-order valence-electron chi connectivity index (χ3n) is 13.4. The summed E-state index contributed by atoms with van der Waals surface area (Å²) in [5.41, 5.74) is 0. The third-order valence-corrected chi connectivity index (χ3v) is 13.4. The minimum Gasteiger partial charge on any atom is -0.462 e. The maximum absolute atomic E-state index is 12.9. The van der Waals surface area contributed by atoms with E-state index in [-0.39, 0.29) is 31.1 Å². The van der Waals surface area contributed by atoms with Gasteiger partial charge in [-0.25, -0.2) is 0 Å². The van der Waals surface area contributed by atoms with Crippen molar-refractivity contribution in [1.82, 2.24) is 0 Å². The van der Waals surface area contributed by atoms with Crippen molar-refractivity contribution < 1.29 is 28.6 Å². The fourth-order valence-electron chi connectivity index (χ4n) is 8.62. The van der Waals surface area contributed by atoms with E-state index in [1.165, 1.54) is 128 Å². The molecule has 0 aliphatic heterocycles. The van der Waals surface area contributed by atoms with Gasteiger partial charge in [0.05, 0.1) is 0 Å². The standard InChI is InChI=1S/C71H118O6/c1-4-7-10-13-16-19-22-25-28-30-31-32-33-34-35-36-37-38-39-41-43-46-49-52-55-58-61-64-70(73)76-67-68(66-75-69(72)63-60-57-54-51-48-45-42-27-24-21-18-15-12-9-6-3)77-71(74)65-62-59-56-53-50-47-44-40-29-26-23-20-17-14-11-8-5-2/h7,10,16,19,25-29,31-32,34-35,37-38,41-43,49,52,68H,4-6,8-9,11-15,17-18,20-24,30,33,36,39-40,44-48,50-51,53-67H2,1-3H3/b10-7-,19-16-,28-25-,29-26-,32-31-,35-34-,38-37-,42-27-,43-41-,52-49-. The molecule has 438 valence electrons. The van der Waals surface area contributed by atoms with Crippen molar-refractivity contribution in [3.63, 3.8) is 0 Å². The summed E-state index contributed by atoms with van der Waals surface area (Å²) in [6.45, 7) is 6.48. The predicted molar refractivity (Wildman–Crippen MR) is 334 cm³/mol. The summed E-state index contributed by atoms with van der Waals surface area (Å²) in [6, 6.07) is 0. The fourth-order valence-corrected chi connectivity index (χ4v) is 8.62. The van der Waals surface area contributed by atoms with Gasteiger partial charge in [0.25, 0.3) is 0 Å². The largest absolute Gasteiger partial charge is 0.462 e. The first-order valence-corrected chi connectivity index (χ1v) is 32.0. The smallest absolute Gasteiger partial charge is 0.306 e. The maximum atomic E-state index is 12.9. The van der Waals surface area contributed by atoms with Gasteiger partial charge in [-0.15, -0.1) is 0 Å². The van der Waals surface area contributed by atoms with Gasteiger partial charge in [0.1, 0.15) is 13.2 Å². The molecule has 0 aliphatic carbocycles. The van der Waals surface area contributed by atoms with E-state index in [0.29, 0.717) is 25.7 Å². The molecule has 0 aromatic heterocycles. The Morgan fingerprint density at radius 1 is 0.273 bits per heavy atom. The molecule has 0 heterocycles. The molecule has 0 radical (unpaired) electrons. The van der Waals surface area contributed by atoms with Crippen molar-refractivity contribution in [2.45, 2.75) is 297 Å². The first-order chi connectivity index (χ1) is 38.0. The Kier molecular flexibility index (Phi) is 60.8. The van der Waals surface area contributed by atoms with Crippen LogP contribution in [0.3, 0.4) is 0 Å². The molecule has 0 aromatic carbocycles. The molecule has 0 saturated carbocycles. The van der Waals surface area contributed by atoms with Gasteiger partial charge >= 0.3 is 17.9 Å². The number of hydrogen-bond acceptors (Lipinski definition) is 6. The van der Waals surface area contributed by atoms with Crippen LogP contribution in [0.1, 0.15) is 290 Å². The average molecular weight is 1070 g/mol. The minimum atomic E-state index is -0.806. The number of rotatable bonds is 57. The van der Waals surface area contributed by atoms with Crippen molar-refractivity contribution in [2.24, 2.45) is 0 Å². The molecule has 1 unspecified atom stereocenters. The summed E-state index contributed by atoms with van der Waals surface area (Å²) < 4.78 is 16.9. The summed E-state index contributed by atoms with van der Waals surface area (Å²) in [4.78, 5) is 38.3. The van der Waals surface area contributed by atoms with Crippen molar-refractivity contribution >= 4 is 17.9 Å². The number of allylic oxidation sites excluding steroid dienone is 20. The lowest BCUT2D eigenvalue weighted by Crippen LogP contribution is -2.30. The molecule has 1 atom stereocenters. The molecule has 0 spiro atoms. The summed E-state index contributed by atoms with van der Waals surface area (Å²) in [5.74, 6) is -0.953. The SMILES string of the molecule is CC/C=C\C/C=C\C/C=C\C/C=C\C/C=C\C/C=C\C/C=C\C/C=C\CCCCC(=O)OCC(COC(=O)CCCCCCC/C=C\CCCCCCCC)OC(=O)CCCCCCCCC/C=C\CCCCCCCC. The predicted octanol–water partition coefficient (Wildman–Crippen LogP) is 22.0. The van der Waals surface area contributed by atoms with Gasteiger partial charge in [-0.1, -0.05) is 258 Å². The van der Waals surface area contributed by atoms with E-state index < -0.39 is 6.10 Å². The van der Waals surface area contributed by atoms with Crippen molar-refractivity contribution in [3.05, 3.63) is 122 Å². The number of carbonyl (C=O) groups excluding carboxylic acids is 3. The van der Waals surface area contributed by atoms with Crippen LogP contribution in [0.5, 0.6) is 0 Å². The van der Waals surface area contributed by atoms with Crippen LogP contribution >= 0.6 is 0 Å². The highest BCUT2D eigenvalue weighted by atomic mass is 16.6. The van der Waals surface area contributed by atoms with Crippen molar-refractivity contribution in [1.29, 1.82) is 0 Å². The zero-order valence-corrected chi connectivity index (χ0v) is 50.2. The molecule has 0 fully saturated rings. The van der Waals surface area contributed by atoms with E-state index in [2.05, 4.69) is 142 Å². The first kappa shape index (κ1) is 72.8. The Hall–Kier alpha value is -4.19. The fraction of sp³-hybridized carbons (Fsp3) is 0.676. The first-order valence-electron chi connectivity index (χ1n) is 32.0. The normalized spacial score (nSPS) is 12.9. The van der Waals surface area contributed by atoms with Crippen LogP contribution in [0.2, 0.25) is 0 Å². The highest BCUT2D eigenvalue weighted by molar-refractivity contribution is 5.71. The van der Waals surface area contributed by atoms with Gasteiger partial charge < -0.3 is 14.2 Å². The van der Waals surface area contributed by atoms with E-state index >= 15 is 0 Å². The van der Waals surface area contributed by atoms with Gasteiger partial charge in [0.2, 0.25) is 0 Å². The quantitative estimate of drug-likeness (QED) is 0.0261. The number of ether oxygens (including phenoxy) is 3. The van der Waals surface area contributed by atoms with Crippen LogP contribution in [0.25, 0.3) is 0 Å². The number of hydrogen-bond donors (Lipinski definition) is 0. The molecule has 77 heavy (non-hydrogen) atoms. The van der Waals surface area contributed by atoms with Gasteiger partial charge in [-0.3, -0.25) is 14.4 Å². The monoisotopic (exact) mass is 1070 g/mol. The molecule has 6 nitrogen and oxygen atoms in total. The van der Waals surface area contributed by atoms with Gasteiger partial charge in [0, 0.05) is 19.3 Å². The van der Waals surface area contributed by atoms with E-state index in [4.69, 9.17) is 14.2 Å². The number of unbranched alkanes of at least 4 members (excludes halogenated alkanes) is 26. The molecule has 0 aromatic rings. The van der Waals surface area contributed by atoms with Crippen molar-refractivity contribution in [2.75, 3.05) is 13.2 Å². The van der Waals surface area contributed by atoms with E-state index in [0.717, 1.165) is 116 Å². The Labute approximate surface area is 475 Å². The molecule has 0 amide bonds. The maximum Gasteiger partial charge on any atom is 0.306 e. The minimum absolute atomic E-state index is 0.0994. The molecule has 0 rings (SSSR count). The average Bonchev–Trinajstić information content (AvgIpc) is 3.43. The van der Waals surface area contributed by atoms with Crippen LogP contribution < -0.4 is 0 Å². The van der Waals surface area contributed by atoms with Gasteiger partial charge in [-0.05, 0) is 135 Å². The van der Waals surface area contributed by atoms with E-state index in [9.17, 15) is 14.4 Å². The Bertz CT molecular complexity index is 1600. The Morgan fingerprint density at radius 3 is 0.831 bits per heavy atom. The molecular weight excluding hydrogens is 949 g/mol. The zero-order valence-electron chi connectivity index (χ0n) is 50.2. The summed E-state index contributed by atoms with van der Waals surface area (Å²) in [5, 5.41) is 0. The zero-order chi connectivity index (χ0) is 55.7. The summed E-state index contributed by atoms with van der Waals surface area (Å²) >= 11 is 0. The van der Waals surface area contributed by atoms with Gasteiger partial charge in [-0.2, -0.15) is 0 Å². The van der Waals surface area contributed by atoms with Crippen LogP contribution in [0.4, 0.5) is 0 Å². The summed E-state index contributed by atoms with van der Waals surface area (Å²) in [6.07, 6.45) is 89.1. The number of carbonyl (C=O) groups is 3. The molecule has 0 saturated heterocycles. The summed E-state index contributed by atoms with van der Waals surface area (Å²) in [7, 11) is 0. The highest BCUT2D eigenvalue weighted by Gasteiger charge is 2.19. The number of esters is 3. The van der Waals surface area contributed by atoms with Crippen LogP contribution in [0, 0.1) is 0 Å². The highest BCUT2D eigenvalue weighted by Crippen LogP contribution is 2.15. The molecule has 6 heteroatoms. The Morgan fingerprint density at radius 2 is 0.506 bits per heavy atom. The van der Waals surface area contributed by atoms with E-state index in [1.54, 1.807) is 0 Å².